The Hall–Kier alpha value is -2.86. The smallest absolute Gasteiger partial charge is 0.324 e. The number of piperidine rings is 1. The highest BCUT2D eigenvalue weighted by Gasteiger charge is 2.44. The maximum atomic E-state index is 12.7. The highest BCUT2D eigenvalue weighted by Crippen LogP contribution is 2.37. The molecule has 2 aromatic rings. The number of nitrogens with one attached hydrogen (secondary N) is 1. The van der Waals surface area contributed by atoms with E-state index >= 15 is 0 Å². The summed E-state index contributed by atoms with van der Waals surface area (Å²) in [5.41, 5.74) is 1.30. The number of fused-ring (bicyclic) bond motifs is 2. The van der Waals surface area contributed by atoms with Crippen LogP contribution in [0.3, 0.4) is 0 Å². The number of esters is 1. The van der Waals surface area contributed by atoms with E-state index in [0.29, 0.717) is 23.4 Å². The summed E-state index contributed by atoms with van der Waals surface area (Å²) in [6, 6.07) is 15.4. The Bertz CT molecular complexity index is 918. The van der Waals surface area contributed by atoms with Crippen molar-refractivity contribution in [1.82, 2.24) is 10.2 Å². The first-order valence-corrected chi connectivity index (χ1v) is 10.5. The molecule has 0 spiro atoms. The lowest BCUT2D eigenvalue weighted by Crippen LogP contribution is -2.53. The number of hydrogen-bond acceptors (Lipinski definition) is 4. The van der Waals surface area contributed by atoms with E-state index in [9.17, 15) is 14.4 Å². The molecular weight excluding hydrogens is 404 g/mol. The lowest BCUT2D eigenvalue weighted by Gasteiger charge is -2.38. The monoisotopic (exact) mass is 426 g/mol. The van der Waals surface area contributed by atoms with Crippen LogP contribution in [0.25, 0.3) is 0 Å². The van der Waals surface area contributed by atoms with Crippen molar-refractivity contribution in [2.75, 3.05) is 0 Å². The number of benzene rings is 2. The lowest BCUT2D eigenvalue weighted by molar-refractivity contribution is -0.151. The number of hydrogen-bond donors (Lipinski definition) is 1. The molecule has 2 aliphatic rings. The van der Waals surface area contributed by atoms with Gasteiger partial charge in [0.15, 0.2) is 0 Å². The maximum Gasteiger partial charge on any atom is 0.324 e. The van der Waals surface area contributed by atoms with Gasteiger partial charge in [-0.1, -0.05) is 41.9 Å². The summed E-state index contributed by atoms with van der Waals surface area (Å²) >= 11 is 5.84. The molecule has 1 unspecified atom stereocenters. The highest BCUT2D eigenvalue weighted by atomic mass is 35.5. The Kier molecular flexibility index (Phi) is 6.04. The van der Waals surface area contributed by atoms with Crippen LogP contribution in [-0.2, 0) is 16.0 Å². The summed E-state index contributed by atoms with van der Waals surface area (Å²) in [7, 11) is 0. The van der Waals surface area contributed by atoms with Gasteiger partial charge in [0.25, 0.3) is 5.91 Å². The van der Waals surface area contributed by atoms with Gasteiger partial charge in [-0.25, -0.2) is 4.79 Å². The topological polar surface area (TPSA) is 75.7 Å². The molecular formula is C23H23ClN2O4. The summed E-state index contributed by atoms with van der Waals surface area (Å²) in [4.78, 5) is 39.1. The largest absolute Gasteiger partial charge is 0.462 e. The zero-order valence-electron chi connectivity index (χ0n) is 16.4. The van der Waals surface area contributed by atoms with Gasteiger partial charge in [-0.2, -0.15) is 0 Å². The zero-order chi connectivity index (χ0) is 21.1. The molecule has 2 saturated heterocycles. The molecule has 3 atom stereocenters. The van der Waals surface area contributed by atoms with E-state index in [2.05, 4.69) is 5.32 Å². The van der Waals surface area contributed by atoms with Crippen molar-refractivity contribution in [2.45, 2.75) is 50.3 Å². The van der Waals surface area contributed by atoms with Crippen molar-refractivity contribution in [2.24, 2.45) is 0 Å². The Labute approximate surface area is 180 Å². The van der Waals surface area contributed by atoms with Crippen molar-refractivity contribution in [1.29, 1.82) is 0 Å². The molecule has 0 aromatic heterocycles. The molecule has 3 amide bonds. The molecule has 0 saturated carbocycles. The zero-order valence-corrected chi connectivity index (χ0v) is 17.2. The second kappa shape index (κ2) is 8.88. The molecule has 2 aliphatic heterocycles. The summed E-state index contributed by atoms with van der Waals surface area (Å²) < 4.78 is 5.69. The second-order valence-corrected chi connectivity index (χ2v) is 8.24. The fourth-order valence-corrected chi connectivity index (χ4v) is 4.51. The second-order valence-electron chi connectivity index (χ2n) is 7.80. The predicted octanol–water partition coefficient (Wildman–Crippen LogP) is 3.97. The average Bonchev–Trinajstić information content (AvgIpc) is 3.00. The molecule has 6 nitrogen and oxygen atoms in total. The Morgan fingerprint density at radius 3 is 2.23 bits per heavy atom. The number of nitrogens with zero attached hydrogens (tertiary/aromatic N) is 1. The number of imide groups is 1. The van der Waals surface area contributed by atoms with Crippen molar-refractivity contribution < 1.29 is 19.1 Å². The van der Waals surface area contributed by atoms with Crippen LogP contribution >= 0.6 is 11.6 Å². The fourth-order valence-electron chi connectivity index (χ4n) is 4.38. The van der Waals surface area contributed by atoms with Gasteiger partial charge in [0.05, 0.1) is 6.42 Å². The van der Waals surface area contributed by atoms with Crippen LogP contribution in [0, 0.1) is 0 Å². The van der Waals surface area contributed by atoms with Crippen molar-refractivity contribution in [3.05, 3.63) is 70.7 Å². The number of urea groups is 1. The summed E-state index contributed by atoms with van der Waals surface area (Å²) in [5.74, 6) is -0.700. The fraction of sp³-hybridized carbons (Fsp3) is 0.348. The predicted molar refractivity (Wildman–Crippen MR) is 112 cm³/mol. The van der Waals surface area contributed by atoms with E-state index in [4.69, 9.17) is 16.3 Å². The number of ether oxygens (including phenoxy) is 1. The van der Waals surface area contributed by atoms with Crippen LogP contribution in [0.15, 0.2) is 54.6 Å². The number of carbonyl (C=O) groups excluding carboxylic acids is 3. The van der Waals surface area contributed by atoms with Crippen LogP contribution < -0.4 is 5.32 Å². The van der Waals surface area contributed by atoms with Gasteiger partial charge in [-0.15, -0.1) is 0 Å². The highest BCUT2D eigenvalue weighted by molar-refractivity contribution is 6.30. The maximum absolute atomic E-state index is 12.7. The Balaban J connectivity index is 1.32. The van der Waals surface area contributed by atoms with E-state index in [1.807, 2.05) is 30.3 Å². The van der Waals surface area contributed by atoms with Crippen molar-refractivity contribution >= 4 is 29.5 Å². The third kappa shape index (κ3) is 4.65. The van der Waals surface area contributed by atoms with E-state index in [-0.39, 0.29) is 30.6 Å². The molecule has 0 aliphatic carbocycles. The Morgan fingerprint density at radius 2 is 1.60 bits per heavy atom. The minimum atomic E-state index is -0.451. The third-order valence-corrected chi connectivity index (χ3v) is 5.99. The summed E-state index contributed by atoms with van der Waals surface area (Å²) in [6.07, 6.45) is 2.93. The van der Waals surface area contributed by atoms with Crippen LogP contribution in [-0.4, -0.2) is 41.0 Å². The first-order valence-electron chi connectivity index (χ1n) is 10.1. The van der Waals surface area contributed by atoms with Gasteiger partial charge in [-0.3, -0.25) is 14.9 Å². The van der Waals surface area contributed by atoms with E-state index in [0.717, 1.165) is 18.4 Å². The lowest BCUT2D eigenvalue weighted by atomic mass is 10.00. The minimum absolute atomic E-state index is 0.0312. The SMILES string of the molecule is O=C(Cc1ccccc1)OC1C[C@H]2CC[C@@H](C1)N2C(=O)NC(=O)c1ccc(Cl)cc1. The molecule has 156 valence electrons. The van der Waals surface area contributed by atoms with Gasteiger partial charge in [0, 0.05) is 35.5 Å². The first-order chi connectivity index (χ1) is 14.5. The first kappa shape index (κ1) is 20.4. The number of carbonyl (C=O) groups is 3. The number of halogens is 1. The van der Waals surface area contributed by atoms with E-state index in [1.165, 1.54) is 0 Å². The van der Waals surface area contributed by atoms with Gasteiger partial charge in [0.1, 0.15) is 6.10 Å². The molecule has 2 bridgehead atoms. The molecule has 2 aromatic carbocycles. The van der Waals surface area contributed by atoms with Gasteiger partial charge < -0.3 is 9.64 Å². The number of rotatable bonds is 4. The minimum Gasteiger partial charge on any atom is -0.462 e. The molecule has 7 heteroatoms. The summed E-state index contributed by atoms with van der Waals surface area (Å²) in [6.45, 7) is 0. The van der Waals surface area contributed by atoms with Crippen LogP contribution in [0.4, 0.5) is 4.79 Å². The van der Waals surface area contributed by atoms with Crippen LogP contribution in [0.2, 0.25) is 5.02 Å². The van der Waals surface area contributed by atoms with Gasteiger partial charge in [0.2, 0.25) is 0 Å². The van der Waals surface area contributed by atoms with Gasteiger partial charge in [-0.05, 0) is 42.7 Å². The van der Waals surface area contributed by atoms with Crippen LogP contribution in [0.1, 0.15) is 41.6 Å². The van der Waals surface area contributed by atoms with E-state index in [1.54, 1.807) is 29.2 Å². The normalized spacial score (nSPS) is 22.4. The standard InChI is InChI=1S/C23H23ClN2O4/c24-17-8-6-16(7-9-17)22(28)25-23(29)26-18-10-11-19(26)14-20(13-18)30-21(27)12-15-4-2-1-3-5-15/h1-9,18-20H,10-14H2,(H,25,28,29)/t18-,19+,20?. The third-order valence-electron chi connectivity index (χ3n) is 5.74. The molecule has 1 N–H and O–H groups in total. The Morgan fingerprint density at radius 1 is 0.967 bits per heavy atom. The molecule has 2 heterocycles. The van der Waals surface area contributed by atoms with Crippen LogP contribution in [0.5, 0.6) is 0 Å². The molecule has 0 radical (unpaired) electrons. The summed E-state index contributed by atoms with van der Waals surface area (Å²) in [5, 5.41) is 3.00. The average molecular weight is 427 g/mol. The quantitative estimate of drug-likeness (QED) is 0.750. The van der Waals surface area contributed by atoms with Crippen molar-refractivity contribution in [3.8, 4) is 0 Å². The van der Waals surface area contributed by atoms with E-state index < -0.39 is 11.9 Å². The number of amides is 3. The van der Waals surface area contributed by atoms with Gasteiger partial charge >= 0.3 is 12.0 Å². The molecule has 30 heavy (non-hydrogen) atoms. The molecule has 4 rings (SSSR count). The molecule has 2 fully saturated rings. The van der Waals surface area contributed by atoms with Crippen molar-refractivity contribution in [3.63, 3.8) is 0 Å².